The molecule has 2 nitrogen and oxygen atoms in total. The van der Waals surface area contributed by atoms with Crippen molar-refractivity contribution in [1.82, 2.24) is 0 Å². The van der Waals surface area contributed by atoms with Crippen LogP contribution in [0.1, 0.15) is 45.9 Å². The summed E-state index contributed by atoms with van der Waals surface area (Å²) in [5.74, 6) is 0.587. The minimum atomic E-state index is -0.463. The lowest BCUT2D eigenvalue weighted by molar-refractivity contribution is 0.793. The second-order valence-electron chi connectivity index (χ2n) is 17.8. The molecule has 0 bridgehead atoms. The van der Waals surface area contributed by atoms with Crippen molar-refractivity contribution in [3.05, 3.63) is 294 Å². The fraction of sp³-hybridized carbons (Fsp3) is 0.0303. The normalized spacial score (nSPS) is 13.1. The first-order chi connectivity index (χ1) is 33.5. The van der Waals surface area contributed by atoms with Crippen molar-refractivity contribution in [1.29, 1.82) is 0 Å². The van der Waals surface area contributed by atoms with E-state index in [4.69, 9.17) is 16.6 Å². The standard InChI is InChI=1S/C66H46N2/c1-44(50-35-36-60-59-31-17-20-34-63(59)66(64(60)43-50)61-32-18-15-29-57(61)58-30-16-19-33-62(58)66)67-65(56-41-54(48-25-11-5-12-26-48)40-55(42-56)49-27-13-6-14-28-49)68-45(2)51-37-52(46-21-7-3-8-22-46)39-53(38-51)47-23-9-4-10-24-47/h3-43H,2H2,1H3. The van der Waals surface area contributed by atoms with Crippen molar-refractivity contribution in [3.63, 3.8) is 0 Å². The molecule has 2 heteroatoms. The molecule has 2 aliphatic rings. The second kappa shape index (κ2) is 16.9. The first-order valence-corrected chi connectivity index (χ1v) is 23.3. The van der Waals surface area contributed by atoms with Gasteiger partial charge in [-0.1, -0.05) is 213 Å². The van der Waals surface area contributed by atoms with Gasteiger partial charge < -0.3 is 0 Å². The number of hydrogen-bond acceptors (Lipinski definition) is 1. The molecule has 0 radical (unpaired) electrons. The zero-order valence-electron chi connectivity index (χ0n) is 37.8. The summed E-state index contributed by atoms with van der Waals surface area (Å²) in [6.45, 7) is 6.82. The van der Waals surface area contributed by atoms with Crippen LogP contribution >= 0.6 is 0 Å². The SMILES string of the molecule is C=C(N=C(N=C(C)c1ccc2c(c1)C1(c3ccccc3-c3ccccc31)c1ccccc1-2)c1cc(-c2ccccc2)cc(-c2ccccc2)c1)c1cc(-c2ccccc2)cc(-c2ccccc2)c1. The van der Waals surface area contributed by atoms with E-state index in [2.05, 4.69) is 256 Å². The number of rotatable bonds is 8. The second-order valence-corrected chi connectivity index (χ2v) is 17.8. The van der Waals surface area contributed by atoms with Crippen LogP contribution in [0.15, 0.2) is 265 Å². The maximum atomic E-state index is 5.60. The fourth-order valence-corrected chi connectivity index (χ4v) is 10.6. The van der Waals surface area contributed by atoms with E-state index in [1.54, 1.807) is 0 Å². The zero-order chi connectivity index (χ0) is 45.6. The monoisotopic (exact) mass is 866 g/mol. The lowest BCUT2D eigenvalue weighted by Gasteiger charge is -2.30. The van der Waals surface area contributed by atoms with Crippen LogP contribution in [0.4, 0.5) is 0 Å². The smallest absolute Gasteiger partial charge is 0.160 e. The molecule has 0 aliphatic heterocycles. The molecule has 12 rings (SSSR count). The minimum absolute atomic E-state index is 0.463. The Labute approximate surface area is 398 Å². The van der Waals surface area contributed by atoms with Gasteiger partial charge in [-0.25, -0.2) is 9.98 Å². The molecule has 320 valence electrons. The van der Waals surface area contributed by atoms with Gasteiger partial charge in [-0.05, 0) is 144 Å². The van der Waals surface area contributed by atoms with Crippen LogP contribution in [0.3, 0.4) is 0 Å². The fourth-order valence-electron chi connectivity index (χ4n) is 10.6. The molecular weight excluding hydrogens is 821 g/mol. The summed E-state index contributed by atoms with van der Waals surface area (Å²) in [6.07, 6.45) is 0. The Balaban J connectivity index is 1.06. The number of amidine groups is 1. The van der Waals surface area contributed by atoms with Crippen LogP contribution in [-0.2, 0) is 5.41 Å². The van der Waals surface area contributed by atoms with Crippen molar-refractivity contribution in [2.24, 2.45) is 9.98 Å². The van der Waals surface area contributed by atoms with E-state index >= 15 is 0 Å². The summed E-state index contributed by atoms with van der Waals surface area (Å²) in [5.41, 5.74) is 23.1. The molecule has 0 unspecified atom stereocenters. The molecule has 2 aliphatic carbocycles. The van der Waals surface area contributed by atoms with Gasteiger partial charge in [-0.15, -0.1) is 0 Å². The molecule has 0 saturated carbocycles. The Bertz CT molecular complexity index is 3440. The summed E-state index contributed by atoms with van der Waals surface area (Å²) in [5, 5.41) is 0. The van der Waals surface area contributed by atoms with E-state index in [1.165, 1.54) is 44.5 Å². The van der Waals surface area contributed by atoms with E-state index in [-0.39, 0.29) is 0 Å². The zero-order valence-corrected chi connectivity index (χ0v) is 37.8. The first-order valence-electron chi connectivity index (χ1n) is 23.3. The summed E-state index contributed by atoms with van der Waals surface area (Å²) in [4.78, 5) is 11.1. The third-order valence-electron chi connectivity index (χ3n) is 13.8. The van der Waals surface area contributed by atoms with Crippen LogP contribution in [0, 0.1) is 0 Å². The Morgan fingerprint density at radius 1 is 0.309 bits per heavy atom. The van der Waals surface area contributed by atoms with Gasteiger partial charge in [0.05, 0.1) is 11.1 Å². The molecule has 0 amide bonds. The van der Waals surface area contributed by atoms with Crippen molar-refractivity contribution in [2.45, 2.75) is 12.3 Å². The third kappa shape index (κ3) is 6.98. The maximum Gasteiger partial charge on any atom is 0.160 e. The average Bonchev–Trinajstić information content (AvgIpc) is 3.88. The molecule has 10 aromatic rings. The van der Waals surface area contributed by atoms with Crippen molar-refractivity contribution < 1.29 is 0 Å². The predicted octanol–water partition coefficient (Wildman–Crippen LogP) is 16.6. The molecule has 10 aromatic carbocycles. The number of benzene rings is 10. The van der Waals surface area contributed by atoms with Gasteiger partial charge in [0.1, 0.15) is 0 Å². The number of hydrogen-bond donors (Lipinski definition) is 0. The van der Waals surface area contributed by atoms with Crippen LogP contribution in [0.5, 0.6) is 0 Å². The van der Waals surface area contributed by atoms with Gasteiger partial charge in [-0.2, -0.15) is 0 Å². The van der Waals surface area contributed by atoms with Crippen LogP contribution in [0.25, 0.3) is 72.5 Å². The molecular formula is C66H46N2. The lowest BCUT2D eigenvalue weighted by atomic mass is 9.70. The van der Waals surface area contributed by atoms with E-state index in [1.807, 2.05) is 0 Å². The van der Waals surface area contributed by atoms with E-state index in [0.717, 1.165) is 66.9 Å². The van der Waals surface area contributed by atoms with Crippen LogP contribution < -0.4 is 0 Å². The third-order valence-corrected chi connectivity index (χ3v) is 13.8. The maximum absolute atomic E-state index is 5.60. The van der Waals surface area contributed by atoms with E-state index in [9.17, 15) is 0 Å². The average molecular weight is 867 g/mol. The number of fused-ring (bicyclic) bond motifs is 10. The Morgan fingerprint density at radius 3 is 1.07 bits per heavy atom. The highest BCUT2D eigenvalue weighted by Crippen LogP contribution is 2.62. The first kappa shape index (κ1) is 40.8. The molecule has 0 atom stereocenters. The van der Waals surface area contributed by atoms with Gasteiger partial charge in [0.15, 0.2) is 5.84 Å². The highest BCUT2D eigenvalue weighted by molar-refractivity contribution is 6.14. The van der Waals surface area contributed by atoms with Gasteiger partial charge in [0.2, 0.25) is 0 Å². The summed E-state index contributed by atoms with van der Waals surface area (Å²) in [6, 6.07) is 89.4. The number of aliphatic imine (C=N–C) groups is 2. The van der Waals surface area contributed by atoms with Gasteiger partial charge in [0, 0.05) is 16.8 Å². The van der Waals surface area contributed by atoms with E-state index < -0.39 is 5.41 Å². The molecule has 0 heterocycles. The molecule has 68 heavy (non-hydrogen) atoms. The molecule has 1 spiro atoms. The van der Waals surface area contributed by atoms with Gasteiger partial charge >= 0.3 is 0 Å². The highest BCUT2D eigenvalue weighted by Gasteiger charge is 2.51. The molecule has 0 aromatic heterocycles. The lowest BCUT2D eigenvalue weighted by Crippen LogP contribution is -2.26. The molecule has 0 fully saturated rings. The Morgan fingerprint density at radius 2 is 0.662 bits per heavy atom. The topological polar surface area (TPSA) is 24.7 Å². The van der Waals surface area contributed by atoms with Crippen LogP contribution in [-0.4, -0.2) is 11.5 Å². The molecule has 0 N–H and O–H groups in total. The Hall–Kier alpha value is -8.72. The van der Waals surface area contributed by atoms with Gasteiger partial charge in [-0.3, -0.25) is 0 Å². The number of nitrogens with zero attached hydrogens (tertiary/aromatic N) is 2. The summed E-state index contributed by atoms with van der Waals surface area (Å²) >= 11 is 0. The molecule has 0 saturated heterocycles. The van der Waals surface area contributed by atoms with Crippen molar-refractivity contribution >= 4 is 17.2 Å². The summed E-state index contributed by atoms with van der Waals surface area (Å²) in [7, 11) is 0. The van der Waals surface area contributed by atoms with Crippen molar-refractivity contribution in [2.75, 3.05) is 0 Å². The van der Waals surface area contributed by atoms with Gasteiger partial charge in [0.25, 0.3) is 0 Å². The van der Waals surface area contributed by atoms with Crippen molar-refractivity contribution in [3.8, 4) is 66.8 Å². The van der Waals surface area contributed by atoms with Crippen LogP contribution in [0.2, 0.25) is 0 Å². The quantitative estimate of drug-likeness (QED) is 0.107. The largest absolute Gasteiger partial charge is 0.233 e. The Kier molecular flexibility index (Phi) is 10.1. The highest BCUT2D eigenvalue weighted by atomic mass is 14.9. The predicted molar refractivity (Wildman–Crippen MR) is 285 cm³/mol. The summed E-state index contributed by atoms with van der Waals surface area (Å²) < 4.78 is 0. The minimum Gasteiger partial charge on any atom is -0.233 e. The van der Waals surface area contributed by atoms with E-state index in [0.29, 0.717) is 11.5 Å².